The molecule has 0 saturated heterocycles. The molecule has 0 aromatic carbocycles. The number of nitrogens with zero attached hydrogens (tertiary/aromatic N) is 1. The molecule has 0 spiro atoms. The van der Waals surface area contributed by atoms with E-state index in [9.17, 15) is 9.59 Å². The Balaban J connectivity index is 4.41. The summed E-state index contributed by atoms with van der Waals surface area (Å²) < 4.78 is 0. The minimum atomic E-state index is -0.895. The second kappa shape index (κ2) is 9.61. The van der Waals surface area contributed by atoms with Crippen molar-refractivity contribution < 1.29 is 14.7 Å². The lowest BCUT2D eigenvalue weighted by molar-refractivity contribution is -0.137. The highest BCUT2D eigenvalue weighted by Crippen LogP contribution is 2.07. The Bertz CT molecular complexity index is 291. The minimum Gasteiger partial charge on any atom is -0.481 e. The van der Waals surface area contributed by atoms with Crippen LogP contribution in [0.25, 0.3) is 0 Å². The maximum Gasteiger partial charge on any atom is 0.317 e. The van der Waals surface area contributed by atoms with Crippen LogP contribution in [0.1, 0.15) is 53.9 Å². The smallest absolute Gasteiger partial charge is 0.317 e. The van der Waals surface area contributed by atoms with Gasteiger partial charge in [0.1, 0.15) is 0 Å². The summed E-state index contributed by atoms with van der Waals surface area (Å²) in [6.07, 6.45) is 1.87. The van der Waals surface area contributed by atoms with Crippen molar-refractivity contribution in [2.45, 2.75) is 59.9 Å². The lowest BCUT2D eigenvalue weighted by atomic mass is 10.1. The summed E-state index contributed by atoms with van der Waals surface area (Å²) in [5.41, 5.74) is 0. The number of carbonyl (C=O) groups excluding carboxylic acids is 1. The van der Waals surface area contributed by atoms with E-state index in [1.54, 1.807) is 11.8 Å². The second-order valence-corrected chi connectivity index (χ2v) is 6.30. The van der Waals surface area contributed by atoms with E-state index in [1.165, 1.54) is 0 Å². The van der Waals surface area contributed by atoms with Gasteiger partial charge in [-0.3, -0.25) is 4.79 Å². The molecule has 118 valence electrons. The van der Waals surface area contributed by atoms with Crippen LogP contribution in [0.2, 0.25) is 0 Å². The molecule has 0 saturated carbocycles. The summed E-state index contributed by atoms with van der Waals surface area (Å²) in [7, 11) is 0. The molecule has 0 bridgehead atoms. The van der Waals surface area contributed by atoms with E-state index >= 15 is 0 Å². The molecule has 20 heavy (non-hydrogen) atoms. The molecule has 0 heterocycles. The minimum absolute atomic E-state index is 0.0477. The molecular formula is C15H30N2O3. The van der Waals surface area contributed by atoms with E-state index in [1.807, 2.05) is 0 Å². The molecule has 0 fully saturated rings. The lowest BCUT2D eigenvalue weighted by Crippen LogP contribution is -2.45. The molecule has 0 aromatic heterocycles. The average molecular weight is 286 g/mol. The summed E-state index contributed by atoms with van der Waals surface area (Å²) in [4.78, 5) is 24.6. The van der Waals surface area contributed by atoms with Gasteiger partial charge in [-0.1, -0.05) is 27.7 Å². The first-order chi connectivity index (χ1) is 9.22. The molecule has 0 aliphatic heterocycles. The monoisotopic (exact) mass is 286 g/mol. The Morgan fingerprint density at radius 3 is 1.80 bits per heavy atom. The zero-order valence-corrected chi connectivity index (χ0v) is 13.5. The van der Waals surface area contributed by atoms with E-state index in [0.29, 0.717) is 11.8 Å². The zero-order valence-electron chi connectivity index (χ0n) is 13.5. The highest BCUT2D eigenvalue weighted by molar-refractivity contribution is 5.75. The predicted molar refractivity (Wildman–Crippen MR) is 80.7 cm³/mol. The van der Waals surface area contributed by atoms with E-state index in [2.05, 4.69) is 33.0 Å². The molecule has 5 heteroatoms. The van der Waals surface area contributed by atoms with Gasteiger partial charge < -0.3 is 15.3 Å². The third-order valence-corrected chi connectivity index (χ3v) is 3.09. The number of aliphatic carboxylic acids is 1. The number of hydrogen-bond acceptors (Lipinski definition) is 2. The van der Waals surface area contributed by atoms with Crippen LogP contribution in [0, 0.1) is 11.8 Å². The lowest BCUT2D eigenvalue weighted by Gasteiger charge is -2.26. The molecule has 5 nitrogen and oxygen atoms in total. The number of carbonyl (C=O) groups is 2. The number of carboxylic acids is 1. The fraction of sp³-hybridized carbons (Fsp3) is 0.867. The van der Waals surface area contributed by atoms with Gasteiger partial charge >= 0.3 is 12.0 Å². The number of nitrogens with one attached hydrogen (secondary N) is 1. The highest BCUT2D eigenvalue weighted by atomic mass is 16.4. The van der Waals surface area contributed by atoms with Crippen molar-refractivity contribution in [3.8, 4) is 0 Å². The summed E-state index contributed by atoms with van der Waals surface area (Å²) in [5, 5.41) is 11.5. The van der Waals surface area contributed by atoms with Gasteiger partial charge in [0.05, 0.1) is 6.42 Å². The van der Waals surface area contributed by atoms with Gasteiger partial charge in [-0.15, -0.1) is 0 Å². The second-order valence-electron chi connectivity index (χ2n) is 6.30. The molecule has 0 aliphatic carbocycles. The molecule has 0 radical (unpaired) electrons. The van der Waals surface area contributed by atoms with Crippen LogP contribution in [-0.2, 0) is 4.79 Å². The van der Waals surface area contributed by atoms with Crippen LogP contribution >= 0.6 is 0 Å². The van der Waals surface area contributed by atoms with Crippen molar-refractivity contribution in [2.75, 3.05) is 13.1 Å². The van der Waals surface area contributed by atoms with E-state index < -0.39 is 5.97 Å². The van der Waals surface area contributed by atoms with Gasteiger partial charge in [0, 0.05) is 19.1 Å². The highest BCUT2D eigenvalue weighted by Gasteiger charge is 2.17. The maximum atomic E-state index is 12.2. The number of carboxylic acid groups (broad SMARTS) is 1. The SMILES string of the molecule is CC(C)CCN(CCC(C)C)C(=O)NC(C)CC(=O)O. The first kappa shape index (κ1) is 18.7. The normalized spacial score (nSPS) is 12.6. The summed E-state index contributed by atoms with van der Waals surface area (Å²) in [6, 6.07) is -0.499. The largest absolute Gasteiger partial charge is 0.481 e. The van der Waals surface area contributed by atoms with Gasteiger partial charge in [0.2, 0.25) is 0 Å². The van der Waals surface area contributed by atoms with Gasteiger partial charge in [-0.2, -0.15) is 0 Å². The summed E-state index contributed by atoms with van der Waals surface area (Å²) >= 11 is 0. The van der Waals surface area contributed by atoms with Gasteiger partial charge in [0.15, 0.2) is 0 Å². The number of urea groups is 1. The van der Waals surface area contributed by atoms with Crippen LogP contribution in [-0.4, -0.2) is 41.1 Å². The van der Waals surface area contributed by atoms with Crippen LogP contribution in [0.4, 0.5) is 4.79 Å². The van der Waals surface area contributed by atoms with E-state index in [4.69, 9.17) is 5.11 Å². The molecule has 2 N–H and O–H groups in total. The maximum absolute atomic E-state index is 12.2. The number of rotatable bonds is 9. The van der Waals surface area contributed by atoms with Gasteiger partial charge in [-0.25, -0.2) is 4.79 Å². The quantitative estimate of drug-likeness (QED) is 0.684. The standard InChI is InChI=1S/C15H30N2O3/c1-11(2)6-8-17(9-7-12(3)4)15(20)16-13(5)10-14(18)19/h11-13H,6-10H2,1-5H3,(H,16,20)(H,18,19). The topological polar surface area (TPSA) is 69.6 Å². The number of hydrogen-bond donors (Lipinski definition) is 2. The number of amides is 2. The third kappa shape index (κ3) is 9.64. The van der Waals surface area contributed by atoms with Crippen molar-refractivity contribution >= 4 is 12.0 Å². The predicted octanol–water partition coefficient (Wildman–Crippen LogP) is 2.95. The molecular weight excluding hydrogens is 256 g/mol. The van der Waals surface area contributed by atoms with Crippen LogP contribution in [0.3, 0.4) is 0 Å². The summed E-state index contributed by atoms with van der Waals surface area (Å²) in [6.45, 7) is 11.7. The molecule has 0 aromatic rings. The third-order valence-electron chi connectivity index (χ3n) is 3.09. The first-order valence-electron chi connectivity index (χ1n) is 7.49. The Labute approximate surface area is 122 Å². The molecule has 0 rings (SSSR count). The Hall–Kier alpha value is -1.26. The zero-order chi connectivity index (χ0) is 15.7. The first-order valence-corrected chi connectivity index (χ1v) is 7.49. The fourth-order valence-electron chi connectivity index (χ4n) is 1.76. The van der Waals surface area contributed by atoms with E-state index in [-0.39, 0.29) is 18.5 Å². The van der Waals surface area contributed by atoms with Gasteiger partial charge in [-0.05, 0) is 31.6 Å². The summed E-state index contributed by atoms with van der Waals surface area (Å²) in [5.74, 6) is 0.190. The van der Waals surface area contributed by atoms with Crippen molar-refractivity contribution in [3.63, 3.8) is 0 Å². The van der Waals surface area contributed by atoms with Crippen molar-refractivity contribution in [2.24, 2.45) is 11.8 Å². The molecule has 0 aliphatic rings. The van der Waals surface area contributed by atoms with Crippen LogP contribution < -0.4 is 5.32 Å². The van der Waals surface area contributed by atoms with Crippen molar-refractivity contribution in [1.82, 2.24) is 10.2 Å². The fourth-order valence-corrected chi connectivity index (χ4v) is 1.76. The molecule has 1 unspecified atom stereocenters. The Morgan fingerprint density at radius 2 is 1.45 bits per heavy atom. The van der Waals surface area contributed by atoms with Crippen LogP contribution in [0.5, 0.6) is 0 Å². The van der Waals surface area contributed by atoms with Crippen molar-refractivity contribution in [3.05, 3.63) is 0 Å². The molecule has 1 atom stereocenters. The Kier molecular flexibility index (Phi) is 9.01. The molecule has 2 amide bonds. The van der Waals surface area contributed by atoms with E-state index in [0.717, 1.165) is 25.9 Å². The van der Waals surface area contributed by atoms with Crippen molar-refractivity contribution in [1.29, 1.82) is 0 Å². The van der Waals surface area contributed by atoms with Gasteiger partial charge in [0.25, 0.3) is 0 Å². The Morgan fingerprint density at radius 1 is 1.00 bits per heavy atom. The van der Waals surface area contributed by atoms with Crippen LogP contribution in [0.15, 0.2) is 0 Å². The average Bonchev–Trinajstić information content (AvgIpc) is 2.26.